The van der Waals surface area contributed by atoms with Crippen LogP contribution in [0.5, 0.6) is 0 Å². The summed E-state index contributed by atoms with van der Waals surface area (Å²) in [7, 11) is 0. The molecule has 0 bridgehead atoms. The van der Waals surface area contributed by atoms with Crippen molar-refractivity contribution >= 4 is 21.4 Å². The molecule has 2 fully saturated rings. The lowest BCUT2D eigenvalue weighted by atomic mass is 9.98. The van der Waals surface area contributed by atoms with Crippen molar-refractivity contribution in [3.05, 3.63) is 35.2 Å². The highest BCUT2D eigenvalue weighted by molar-refractivity contribution is 7.17. The molecule has 1 aromatic heterocycles. The van der Waals surface area contributed by atoms with Gasteiger partial charge in [0.1, 0.15) is 0 Å². The smallest absolute Gasteiger partial charge is 0.0346 e. The first-order chi connectivity index (χ1) is 9.42. The van der Waals surface area contributed by atoms with E-state index in [1.807, 2.05) is 11.3 Å². The summed E-state index contributed by atoms with van der Waals surface area (Å²) in [6.07, 6.45) is 5.96. The van der Waals surface area contributed by atoms with Crippen LogP contribution in [0.25, 0.3) is 10.1 Å². The van der Waals surface area contributed by atoms with Crippen molar-refractivity contribution in [1.29, 1.82) is 0 Å². The molecule has 2 saturated carbocycles. The summed E-state index contributed by atoms with van der Waals surface area (Å²) < 4.78 is 1.42. The zero-order valence-electron chi connectivity index (χ0n) is 11.3. The first kappa shape index (κ1) is 11.9. The van der Waals surface area contributed by atoms with Crippen molar-refractivity contribution in [3.63, 3.8) is 0 Å². The molecule has 1 N–H and O–H groups in total. The van der Waals surface area contributed by atoms with E-state index in [1.165, 1.54) is 47.9 Å². The molecular weight excluding hydrogens is 250 g/mol. The minimum atomic E-state index is 0.977. The Kier molecular flexibility index (Phi) is 3.08. The highest BCUT2D eigenvalue weighted by Crippen LogP contribution is 2.48. The average molecular weight is 271 g/mol. The summed E-state index contributed by atoms with van der Waals surface area (Å²) in [6.45, 7) is 2.28. The van der Waals surface area contributed by atoms with Gasteiger partial charge in [-0.25, -0.2) is 0 Å². The molecule has 2 heteroatoms. The second-order valence-electron chi connectivity index (χ2n) is 6.23. The maximum atomic E-state index is 3.73. The minimum absolute atomic E-state index is 0.977. The lowest BCUT2D eigenvalue weighted by Gasteiger charge is -2.16. The molecule has 2 aliphatic rings. The van der Waals surface area contributed by atoms with E-state index < -0.39 is 0 Å². The lowest BCUT2D eigenvalue weighted by molar-refractivity contribution is 0.379. The number of nitrogens with one attached hydrogen (secondary N) is 1. The first-order valence-electron chi connectivity index (χ1n) is 7.57. The van der Waals surface area contributed by atoms with Gasteiger partial charge in [0.15, 0.2) is 0 Å². The molecule has 1 aromatic carbocycles. The predicted octanol–water partition coefficient (Wildman–Crippen LogP) is 4.43. The molecule has 0 atom stereocenters. The molecular formula is C17H21NS. The maximum absolute atomic E-state index is 3.73. The van der Waals surface area contributed by atoms with Gasteiger partial charge in [0.05, 0.1) is 0 Å². The maximum Gasteiger partial charge on any atom is 0.0346 e. The number of thiophene rings is 1. The van der Waals surface area contributed by atoms with Gasteiger partial charge in [0.25, 0.3) is 0 Å². The molecule has 0 saturated heterocycles. The van der Waals surface area contributed by atoms with E-state index in [2.05, 4.69) is 35.0 Å². The Morgan fingerprint density at radius 2 is 1.84 bits per heavy atom. The average Bonchev–Trinajstić information content (AvgIpc) is 3.34. The van der Waals surface area contributed by atoms with Crippen molar-refractivity contribution in [2.45, 2.75) is 32.2 Å². The molecule has 0 spiro atoms. The van der Waals surface area contributed by atoms with E-state index in [-0.39, 0.29) is 0 Å². The third kappa shape index (κ3) is 2.56. The highest BCUT2D eigenvalue weighted by atomic mass is 32.1. The van der Waals surface area contributed by atoms with E-state index in [0.29, 0.717) is 0 Å². The van der Waals surface area contributed by atoms with Gasteiger partial charge < -0.3 is 5.32 Å². The zero-order valence-corrected chi connectivity index (χ0v) is 12.1. The monoisotopic (exact) mass is 271 g/mol. The quantitative estimate of drug-likeness (QED) is 0.819. The van der Waals surface area contributed by atoms with E-state index in [1.54, 1.807) is 0 Å². The van der Waals surface area contributed by atoms with Crippen LogP contribution >= 0.6 is 11.3 Å². The van der Waals surface area contributed by atoms with Crippen LogP contribution in [-0.4, -0.2) is 6.54 Å². The van der Waals surface area contributed by atoms with Gasteiger partial charge in [-0.15, -0.1) is 11.3 Å². The number of benzene rings is 1. The van der Waals surface area contributed by atoms with Gasteiger partial charge in [-0.3, -0.25) is 0 Å². The van der Waals surface area contributed by atoms with Crippen LogP contribution in [0.2, 0.25) is 0 Å². The highest BCUT2D eigenvalue weighted by Gasteiger charge is 2.40. The van der Waals surface area contributed by atoms with Gasteiger partial charge >= 0.3 is 0 Å². The predicted molar refractivity (Wildman–Crippen MR) is 82.5 cm³/mol. The fraction of sp³-hybridized carbons (Fsp3) is 0.529. The number of hydrogen-bond acceptors (Lipinski definition) is 2. The van der Waals surface area contributed by atoms with Crippen LogP contribution in [0.15, 0.2) is 29.6 Å². The third-order valence-electron chi connectivity index (χ3n) is 4.71. The molecule has 4 rings (SSSR count). The van der Waals surface area contributed by atoms with Gasteiger partial charge in [-0.2, -0.15) is 0 Å². The van der Waals surface area contributed by atoms with E-state index in [0.717, 1.165) is 24.3 Å². The summed E-state index contributed by atoms with van der Waals surface area (Å²) in [5.74, 6) is 3.09. The topological polar surface area (TPSA) is 12.0 Å². The number of rotatable bonds is 6. The Morgan fingerprint density at radius 3 is 2.58 bits per heavy atom. The summed E-state index contributed by atoms with van der Waals surface area (Å²) in [6, 6.07) is 8.75. The molecule has 0 unspecified atom stereocenters. The van der Waals surface area contributed by atoms with Gasteiger partial charge in [0.2, 0.25) is 0 Å². The summed E-state index contributed by atoms with van der Waals surface area (Å²) in [4.78, 5) is 0. The minimum Gasteiger partial charge on any atom is -0.312 e. The lowest BCUT2D eigenvalue weighted by Crippen LogP contribution is -2.25. The van der Waals surface area contributed by atoms with Crippen LogP contribution in [0.3, 0.4) is 0 Å². The molecule has 1 nitrogen and oxygen atoms in total. The van der Waals surface area contributed by atoms with Crippen LogP contribution in [-0.2, 0) is 6.54 Å². The van der Waals surface area contributed by atoms with Crippen molar-refractivity contribution in [1.82, 2.24) is 5.32 Å². The van der Waals surface area contributed by atoms with Crippen LogP contribution in [0.1, 0.15) is 31.2 Å². The van der Waals surface area contributed by atoms with Crippen molar-refractivity contribution in [2.75, 3.05) is 6.54 Å². The van der Waals surface area contributed by atoms with Gasteiger partial charge in [-0.05, 0) is 72.4 Å². The van der Waals surface area contributed by atoms with Crippen LogP contribution < -0.4 is 5.32 Å². The van der Waals surface area contributed by atoms with E-state index in [9.17, 15) is 0 Å². The third-order valence-corrected chi connectivity index (χ3v) is 5.72. The van der Waals surface area contributed by atoms with Gasteiger partial charge in [0, 0.05) is 11.2 Å². The van der Waals surface area contributed by atoms with E-state index in [4.69, 9.17) is 0 Å². The molecule has 100 valence electrons. The second kappa shape index (κ2) is 4.92. The molecule has 19 heavy (non-hydrogen) atoms. The standard InChI is InChI=1S/C17H21NS/c1-2-4-17-15(3-1)14(11-19-17)9-18-10-16(12-5-6-12)13-7-8-13/h1-4,11-13,16,18H,5-10H2. The molecule has 0 amide bonds. The molecule has 0 radical (unpaired) electrons. The summed E-state index contributed by atoms with van der Waals surface area (Å²) in [5, 5.41) is 7.49. The molecule has 2 aromatic rings. The summed E-state index contributed by atoms with van der Waals surface area (Å²) >= 11 is 1.87. The second-order valence-corrected chi connectivity index (χ2v) is 7.14. The van der Waals surface area contributed by atoms with Crippen molar-refractivity contribution < 1.29 is 0 Å². The molecule has 0 aliphatic heterocycles. The first-order valence-corrected chi connectivity index (χ1v) is 8.45. The van der Waals surface area contributed by atoms with Crippen LogP contribution in [0, 0.1) is 17.8 Å². The number of fused-ring (bicyclic) bond motifs is 1. The fourth-order valence-electron chi connectivity index (χ4n) is 3.31. The number of hydrogen-bond donors (Lipinski definition) is 1. The Morgan fingerprint density at radius 1 is 1.11 bits per heavy atom. The SMILES string of the molecule is c1ccc2c(CNCC(C3CC3)C3CC3)csc2c1. The Hall–Kier alpha value is -0.860. The van der Waals surface area contributed by atoms with Crippen molar-refractivity contribution in [2.24, 2.45) is 17.8 Å². The zero-order chi connectivity index (χ0) is 12.7. The molecule has 1 heterocycles. The Labute approximate surface area is 119 Å². The fourth-order valence-corrected chi connectivity index (χ4v) is 4.27. The largest absolute Gasteiger partial charge is 0.312 e. The van der Waals surface area contributed by atoms with Gasteiger partial charge in [-0.1, -0.05) is 18.2 Å². The normalized spacial score (nSPS) is 19.4. The van der Waals surface area contributed by atoms with Crippen molar-refractivity contribution in [3.8, 4) is 0 Å². The Bertz CT molecular complexity index is 553. The summed E-state index contributed by atoms with van der Waals surface area (Å²) in [5.41, 5.74) is 1.48. The van der Waals surface area contributed by atoms with Crippen LogP contribution in [0.4, 0.5) is 0 Å². The molecule has 2 aliphatic carbocycles. The van der Waals surface area contributed by atoms with E-state index >= 15 is 0 Å². The Balaban J connectivity index is 1.39.